The minimum Gasteiger partial charge on any atom is -0.469 e. The average Bonchev–Trinajstić information content (AvgIpc) is 3.21. The van der Waals surface area contributed by atoms with Crippen LogP contribution in [0.2, 0.25) is 0 Å². The van der Waals surface area contributed by atoms with Gasteiger partial charge in [0.2, 0.25) is 0 Å². The second-order valence-electron chi connectivity index (χ2n) is 10.3. The summed E-state index contributed by atoms with van der Waals surface area (Å²) in [6, 6.07) is 0.208. The molecule has 4 heteroatoms. The summed E-state index contributed by atoms with van der Waals surface area (Å²) in [7, 11) is 1.53. The lowest BCUT2D eigenvalue weighted by atomic mass is 9.43. The van der Waals surface area contributed by atoms with Crippen LogP contribution in [0.25, 0.3) is 0 Å². The third kappa shape index (κ3) is 2.10. The first-order valence-electron chi connectivity index (χ1n) is 10.4. The highest BCUT2D eigenvalue weighted by atomic mass is 16.6. The van der Waals surface area contributed by atoms with E-state index in [2.05, 4.69) is 13.8 Å². The zero-order valence-corrected chi connectivity index (χ0v) is 15.9. The van der Waals surface area contributed by atoms with Crippen LogP contribution >= 0.6 is 0 Å². The summed E-state index contributed by atoms with van der Waals surface area (Å²) in [5, 5.41) is 0. The van der Waals surface area contributed by atoms with E-state index in [9.17, 15) is 4.79 Å². The number of hydrogen-bond donors (Lipinski definition) is 1. The fourth-order valence-electron chi connectivity index (χ4n) is 8.32. The van der Waals surface area contributed by atoms with E-state index in [0.717, 1.165) is 18.8 Å². The number of ether oxygens (including phenoxy) is 2. The van der Waals surface area contributed by atoms with E-state index in [1.807, 2.05) is 0 Å². The number of nitrogens with two attached hydrogens (primary N) is 1. The van der Waals surface area contributed by atoms with Gasteiger partial charge < -0.3 is 15.2 Å². The van der Waals surface area contributed by atoms with E-state index in [-0.39, 0.29) is 23.3 Å². The third-order valence-corrected chi connectivity index (χ3v) is 9.40. The summed E-state index contributed by atoms with van der Waals surface area (Å²) >= 11 is 0. The molecule has 1 aliphatic heterocycles. The van der Waals surface area contributed by atoms with Gasteiger partial charge in [-0.15, -0.1) is 0 Å². The quantitative estimate of drug-likeness (QED) is 0.585. The molecule has 10 atom stereocenters. The van der Waals surface area contributed by atoms with Crippen molar-refractivity contribution in [2.45, 2.75) is 77.0 Å². The van der Waals surface area contributed by atoms with Gasteiger partial charge in [-0.2, -0.15) is 0 Å². The lowest BCUT2D eigenvalue weighted by Gasteiger charge is -2.61. The van der Waals surface area contributed by atoms with Crippen LogP contribution in [0.1, 0.15) is 58.8 Å². The van der Waals surface area contributed by atoms with Gasteiger partial charge in [-0.1, -0.05) is 13.8 Å². The van der Waals surface area contributed by atoms with Gasteiger partial charge in [-0.3, -0.25) is 4.79 Å². The molecule has 4 saturated carbocycles. The van der Waals surface area contributed by atoms with E-state index in [1.54, 1.807) is 0 Å². The molecule has 5 aliphatic rings. The molecule has 0 radical (unpaired) electrons. The zero-order chi connectivity index (χ0) is 17.6. The molecule has 25 heavy (non-hydrogen) atoms. The number of methoxy groups -OCH3 is 1. The molecule has 0 spiro atoms. The second-order valence-corrected chi connectivity index (χ2v) is 10.3. The average molecular weight is 347 g/mol. The summed E-state index contributed by atoms with van der Waals surface area (Å²) in [6.45, 7) is 4.85. The topological polar surface area (TPSA) is 64.8 Å². The van der Waals surface area contributed by atoms with Gasteiger partial charge in [0.15, 0.2) is 0 Å². The second kappa shape index (κ2) is 5.22. The van der Waals surface area contributed by atoms with Gasteiger partial charge in [0.05, 0.1) is 25.2 Å². The Morgan fingerprint density at radius 2 is 1.88 bits per heavy atom. The van der Waals surface area contributed by atoms with Crippen LogP contribution in [0.5, 0.6) is 0 Å². The number of esters is 1. The van der Waals surface area contributed by atoms with E-state index in [0.29, 0.717) is 35.4 Å². The van der Waals surface area contributed by atoms with Crippen molar-refractivity contribution >= 4 is 5.97 Å². The molecule has 0 amide bonds. The molecule has 0 aromatic rings. The van der Waals surface area contributed by atoms with Crippen molar-refractivity contribution in [2.24, 2.45) is 46.2 Å². The Morgan fingerprint density at radius 1 is 1.08 bits per heavy atom. The maximum absolute atomic E-state index is 12.4. The summed E-state index contributed by atoms with van der Waals surface area (Å²) in [4.78, 5) is 12.4. The number of hydrogen-bond acceptors (Lipinski definition) is 4. The SMILES string of the molecule is COC(=O)[C@H]1CC[C@H]2[C@@H]3CC[C@H]4C[C@@H]5O[C@@H]5C[C@]4(C)[C@H]3[C@H](N)C[C@]12C. The molecule has 0 aromatic carbocycles. The monoisotopic (exact) mass is 347 g/mol. The zero-order valence-electron chi connectivity index (χ0n) is 15.9. The maximum atomic E-state index is 12.4. The van der Waals surface area contributed by atoms with E-state index in [1.165, 1.54) is 39.2 Å². The van der Waals surface area contributed by atoms with Crippen molar-refractivity contribution in [3.63, 3.8) is 0 Å². The molecule has 2 N–H and O–H groups in total. The molecule has 0 unspecified atom stereocenters. The standard InChI is InChI=1S/C21H33NO3/c1-20-10-17-16(25-17)8-11(20)4-5-12-13-6-7-14(19(23)24-3)21(13,2)9-15(22)18(12)20/h11-18H,4-10,22H2,1-3H3/t11-,12-,13-,14+,15+,16-,17+,18+,20-,21-/m0/s1. The molecule has 5 fully saturated rings. The van der Waals surface area contributed by atoms with Crippen LogP contribution in [0.4, 0.5) is 0 Å². The van der Waals surface area contributed by atoms with Crippen LogP contribution in [-0.2, 0) is 14.3 Å². The van der Waals surface area contributed by atoms with Crippen molar-refractivity contribution in [3.8, 4) is 0 Å². The lowest BCUT2D eigenvalue weighted by Crippen LogP contribution is -2.61. The Labute approximate surface area is 151 Å². The van der Waals surface area contributed by atoms with Crippen molar-refractivity contribution in [2.75, 3.05) is 7.11 Å². The molecule has 1 heterocycles. The minimum atomic E-state index is -0.0116. The number of epoxide rings is 1. The summed E-state index contributed by atoms with van der Waals surface area (Å²) in [5.41, 5.74) is 7.26. The molecule has 4 nitrogen and oxygen atoms in total. The Kier molecular flexibility index (Phi) is 3.46. The molecule has 1 saturated heterocycles. The van der Waals surface area contributed by atoms with Crippen molar-refractivity contribution in [1.29, 1.82) is 0 Å². The fraction of sp³-hybridized carbons (Fsp3) is 0.952. The Morgan fingerprint density at radius 3 is 2.64 bits per heavy atom. The molecule has 4 aliphatic carbocycles. The molecular formula is C21H33NO3. The van der Waals surface area contributed by atoms with Crippen LogP contribution in [0, 0.1) is 40.4 Å². The van der Waals surface area contributed by atoms with Gasteiger partial charge in [-0.25, -0.2) is 0 Å². The van der Waals surface area contributed by atoms with Crippen LogP contribution in [-0.4, -0.2) is 31.3 Å². The van der Waals surface area contributed by atoms with Crippen LogP contribution < -0.4 is 5.73 Å². The first-order chi connectivity index (χ1) is 11.9. The van der Waals surface area contributed by atoms with E-state index in [4.69, 9.17) is 15.2 Å². The summed E-state index contributed by atoms with van der Waals surface area (Å²) < 4.78 is 11.1. The number of rotatable bonds is 1. The van der Waals surface area contributed by atoms with E-state index >= 15 is 0 Å². The Bertz CT molecular complexity index is 594. The predicted molar refractivity (Wildman–Crippen MR) is 94.6 cm³/mol. The van der Waals surface area contributed by atoms with Crippen molar-refractivity contribution < 1.29 is 14.3 Å². The van der Waals surface area contributed by atoms with Gasteiger partial charge in [-0.05, 0) is 79.4 Å². The molecule has 0 bridgehead atoms. The molecule has 5 rings (SSSR count). The highest BCUT2D eigenvalue weighted by Crippen LogP contribution is 2.68. The number of fused-ring (bicyclic) bond motifs is 6. The third-order valence-electron chi connectivity index (χ3n) is 9.40. The molecular weight excluding hydrogens is 314 g/mol. The van der Waals surface area contributed by atoms with E-state index < -0.39 is 0 Å². The first kappa shape index (κ1) is 16.6. The van der Waals surface area contributed by atoms with Gasteiger partial charge in [0, 0.05) is 6.04 Å². The van der Waals surface area contributed by atoms with Crippen molar-refractivity contribution in [1.82, 2.24) is 0 Å². The number of carbonyl (C=O) groups excluding carboxylic acids is 1. The predicted octanol–water partition coefficient (Wildman–Crippen LogP) is 3.13. The fourth-order valence-corrected chi connectivity index (χ4v) is 8.32. The summed E-state index contributed by atoms with van der Waals surface area (Å²) in [5.74, 6) is 2.73. The van der Waals surface area contributed by atoms with Crippen LogP contribution in [0.3, 0.4) is 0 Å². The smallest absolute Gasteiger partial charge is 0.309 e. The van der Waals surface area contributed by atoms with Gasteiger partial charge in [0.25, 0.3) is 0 Å². The highest BCUT2D eigenvalue weighted by molar-refractivity contribution is 5.73. The van der Waals surface area contributed by atoms with Crippen molar-refractivity contribution in [3.05, 3.63) is 0 Å². The Hall–Kier alpha value is -0.610. The molecule has 140 valence electrons. The summed E-state index contributed by atoms with van der Waals surface area (Å²) in [6.07, 6.45) is 9.28. The lowest BCUT2D eigenvalue weighted by molar-refractivity contribution is -0.156. The van der Waals surface area contributed by atoms with Gasteiger partial charge in [0.1, 0.15) is 0 Å². The minimum absolute atomic E-state index is 0.0116. The Balaban J connectivity index is 1.48. The van der Waals surface area contributed by atoms with Gasteiger partial charge >= 0.3 is 5.97 Å². The molecule has 0 aromatic heterocycles. The first-order valence-corrected chi connectivity index (χ1v) is 10.4. The highest BCUT2D eigenvalue weighted by Gasteiger charge is 2.66. The maximum Gasteiger partial charge on any atom is 0.309 e. The normalized spacial score (nSPS) is 59.2. The van der Waals surface area contributed by atoms with Crippen LogP contribution in [0.15, 0.2) is 0 Å². The largest absolute Gasteiger partial charge is 0.469 e. The number of carbonyl (C=O) groups is 1.